The van der Waals surface area contributed by atoms with Gasteiger partial charge in [0.05, 0.1) is 17.8 Å². The van der Waals surface area contributed by atoms with E-state index in [2.05, 4.69) is 32.3 Å². The van der Waals surface area contributed by atoms with Crippen molar-refractivity contribution in [3.8, 4) is 0 Å². The van der Waals surface area contributed by atoms with Crippen LogP contribution in [0, 0.1) is 18.3 Å². The van der Waals surface area contributed by atoms with Gasteiger partial charge in [0, 0.05) is 50.4 Å². The minimum Gasteiger partial charge on any atom is -0.354 e. The van der Waals surface area contributed by atoms with Gasteiger partial charge >= 0.3 is 0 Å². The van der Waals surface area contributed by atoms with E-state index < -0.39 is 0 Å². The van der Waals surface area contributed by atoms with Gasteiger partial charge in [-0.3, -0.25) is 19.5 Å². The van der Waals surface area contributed by atoms with E-state index >= 15 is 0 Å². The molecule has 3 heterocycles. The zero-order valence-corrected chi connectivity index (χ0v) is 17.8. The zero-order valence-electron chi connectivity index (χ0n) is 17.8. The first kappa shape index (κ1) is 20.5. The quantitative estimate of drug-likeness (QED) is 0.819. The molecule has 30 heavy (non-hydrogen) atoms. The van der Waals surface area contributed by atoms with Crippen molar-refractivity contribution in [3.63, 3.8) is 0 Å². The predicted octanol–water partition coefficient (Wildman–Crippen LogP) is 1.88. The Bertz CT molecular complexity index is 907. The van der Waals surface area contributed by atoms with Crippen LogP contribution in [0.5, 0.6) is 0 Å². The number of likely N-dealkylation sites (tertiary alicyclic amines) is 2. The van der Waals surface area contributed by atoms with Gasteiger partial charge in [-0.15, -0.1) is 0 Å². The molecule has 0 aliphatic carbocycles. The largest absolute Gasteiger partial charge is 0.354 e. The fraction of sp³-hybridized carbons (Fsp3) is 0.478. The summed E-state index contributed by atoms with van der Waals surface area (Å²) in [7, 11) is 0. The van der Waals surface area contributed by atoms with Crippen molar-refractivity contribution in [2.45, 2.75) is 33.4 Å². The van der Waals surface area contributed by atoms with Gasteiger partial charge in [0.25, 0.3) is 5.91 Å². The summed E-state index contributed by atoms with van der Waals surface area (Å²) >= 11 is 0. The molecule has 0 saturated carbocycles. The van der Waals surface area contributed by atoms with Gasteiger partial charge in [-0.25, -0.2) is 4.98 Å². The van der Waals surface area contributed by atoms with Crippen molar-refractivity contribution in [1.29, 1.82) is 0 Å². The van der Waals surface area contributed by atoms with Crippen molar-refractivity contribution < 1.29 is 9.59 Å². The van der Waals surface area contributed by atoms with Crippen molar-refractivity contribution in [3.05, 3.63) is 59.7 Å². The van der Waals surface area contributed by atoms with Crippen molar-refractivity contribution in [1.82, 2.24) is 25.1 Å². The molecule has 2 aliphatic rings. The molecule has 158 valence electrons. The molecule has 1 atom stereocenters. The molecular formula is C23H29N5O2. The van der Waals surface area contributed by atoms with Crippen LogP contribution >= 0.6 is 0 Å². The minimum atomic E-state index is -0.207. The average Bonchev–Trinajstić information content (AvgIpc) is 3.07. The van der Waals surface area contributed by atoms with E-state index in [0.717, 1.165) is 18.8 Å². The number of hydrogen-bond acceptors (Lipinski definition) is 5. The SMILES string of the molecule is Cc1cnc(C(=O)N2CC3(CN(Cc4ccccc4)CC3C(=O)NC(C)C)C2)cn1. The van der Waals surface area contributed by atoms with E-state index in [-0.39, 0.29) is 29.2 Å². The molecule has 7 heteroatoms. The maximum Gasteiger partial charge on any atom is 0.274 e. The van der Waals surface area contributed by atoms with Gasteiger partial charge in [-0.2, -0.15) is 0 Å². The summed E-state index contributed by atoms with van der Waals surface area (Å²) in [5, 5.41) is 3.08. The van der Waals surface area contributed by atoms with Crippen LogP contribution in [0.15, 0.2) is 42.7 Å². The summed E-state index contributed by atoms with van der Waals surface area (Å²) in [6, 6.07) is 10.4. The Morgan fingerprint density at radius 2 is 1.87 bits per heavy atom. The highest BCUT2D eigenvalue weighted by Crippen LogP contribution is 2.45. The Morgan fingerprint density at radius 3 is 2.50 bits per heavy atom. The van der Waals surface area contributed by atoms with Crippen LogP contribution < -0.4 is 5.32 Å². The summed E-state index contributed by atoms with van der Waals surface area (Å²) in [4.78, 5) is 38.3. The molecule has 1 aromatic heterocycles. The second kappa shape index (κ2) is 8.14. The maximum atomic E-state index is 13.0. The number of rotatable bonds is 5. The molecule has 4 rings (SSSR count). The Morgan fingerprint density at radius 1 is 1.13 bits per heavy atom. The van der Waals surface area contributed by atoms with Crippen LogP contribution in [0.3, 0.4) is 0 Å². The summed E-state index contributed by atoms with van der Waals surface area (Å²) in [5.74, 6) is -0.155. The lowest BCUT2D eigenvalue weighted by Crippen LogP contribution is -2.64. The molecule has 7 nitrogen and oxygen atoms in total. The molecule has 2 amide bonds. The highest BCUT2D eigenvalue weighted by atomic mass is 16.2. The van der Waals surface area contributed by atoms with E-state index in [1.807, 2.05) is 39.0 Å². The lowest BCUT2D eigenvalue weighted by atomic mass is 9.71. The van der Waals surface area contributed by atoms with Gasteiger partial charge < -0.3 is 10.2 Å². The van der Waals surface area contributed by atoms with E-state index in [4.69, 9.17) is 0 Å². The third-order valence-corrected chi connectivity index (χ3v) is 6.01. The summed E-state index contributed by atoms with van der Waals surface area (Å²) < 4.78 is 0. The molecule has 2 aromatic rings. The van der Waals surface area contributed by atoms with Crippen molar-refractivity contribution in [2.24, 2.45) is 11.3 Å². The zero-order chi connectivity index (χ0) is 21.3. The third-order valence-electron chi connectivity index (χ3n) is 6.01. The number of nitrogens with zero attached hydrogens (tertiary/aromatic N) is 4. The number of hydrogen-bond donors (Lipinski definition) is 1. The molecular weight excluding hydrogens is 378 g/mol. The van der Waals surface area contributed by atoms with Crippen molar-refractivity contribution in [2.75, 3.05) is 26.2 Å². The summed E-state index contributed by atoms with van der Waals surface area (Å²) in [6.45, 7) is 9.28. The predicted molar refractivity (Wildman–Crippen MR) is 114 cm³/mol. The minimum absolute atomic E-state index is 0.0859. The number of aromatic nitrogens is 2. The average molecular weight is 408 g/mol. The van der Waals surface area contributed by atoms with Crippen LogP contribution in [0.1, 0.15) is 35.6 Å². The molecule has 2 saturated heterocycles. The molecule has 0 bridgehead atoms. The van der Waals surface area contributed by atoms with Crippen LogP contribution in [0.2, 0.25) is 0 Å². The summed E-state index contributed by atoms with van der Waals surface area (Å²) in [5.41, 5.74) is 2.17. The smallest absolute Gasteiger partial charge is 0.274 e. The highest BCUT2D eigenvalue weighted by molar-refractivity contribution is 5.93. The monoisotopic (exact) mass is 407 g/mol. The molecule has 2 fully saturated rings. The topological polar surface area (TPSA) is 78.4 Å². The fourth-order valence-corrected chi connectivity index (χ4v) is 4.62. The Hall–Kier alpha value is -2.80. The molecule has 0 radical (unpaired) electrons. The number of nitrogens with one attached hydrogen (secondary N) is 1. The number of aryl methyl sites for hydroxylation is 1. The van der Waals surface area contributed by atoms with Crippen LogP contribution in [-0.2, 0) is 11.3 Å². The maximum absolute atomic E-state index is 13.0. The lowest BCUT2D eigenvalue weighted by molar-refractivity contribution is -0.131. The van der Waals surface area contributed by atoms with Crippen LogP contribution in [0.4, 0.5) is 0 Å². The third kappa shape index (κ3) is 4.07. The van der Waals surface area contributed by atoms with Gasteiger partial charge in [0.15, 0.2) is 0 Å². The molecule has 2 aliphatic heterocycles. The van der Waals surface area contributed by atoms with Gasteiger partial charge in [0.1, 0.15) is 5.69 Å². The first-order valence-corrected chi connectivity index (χ1v) is 10.5. The second-order valence-electron chi connectivity index (χ2n) is 8.94. The highest BCUT2D eigenvalue weighted by Gasteiger charge is 2.57. The van der Waals surface area contributed by atoms with E-state index in [1.165, 1.54) is 11.8 Å². The second-order valence-corrected chi connectivity index (χ2v) is 8.94. The van der Waals surface area contributed by atoms with E-state index in [1.54, 1.807) is 11.1 Å². The van der Waals surface area contributed by atoms with Gasteiger partial charge in [-0.05, 0) is 26.3 Å². The first-order chi connectivity index (χ1) is 14.4. The van der Waals surface area contributed by atoms with Crippen LogP contribution in [0.25, 0.3) is 0 Å². The van der Waals surface area contributed by atoms with Gasteiger partial charge in [-0.1, -0.05) is 30.3 Å². The molecule has 1 spiro atoms. The standard InChI is InChI=1S/C23H29N5O2/c1-16(2)26-21(29)19-12-27(11-18-7-5-4-6-8-18)13-23(19)14-28(15-23)22(30)20-10-24-17(3)9-25-20/h4-10,16,19H,11-15H2,1-3H3,(H,26,29). The molecule has 1 aromatic carbocycles. The Balaban J connectivity index is 1.48. The molecule has 1 N–H and O–H groups in total. The Kier molecular flexibility index (Phi) is 5.56. The number of carbonyl (C=O) groups is 2. The number of amides is 2. The number of benzene rings is 1. The lowest BCUT2D eigenvalue weighted by Gasteiger charge is -2.50. The van der Waals surface area contributed by atoms with Crippen molar-refractivity contribution >= 4 is 11.8 Å². The summed E-state index contributed by atoms with van der Waals surface area (Å²) in [6.07, 6.45) is 3.14. The Labute approximate surface area is 177 Å². The normalized spacial score (nSPS) is 20.4. The van der Waals surface area contributed by atoms with Gasteiger partial charge in [0.2, 0.25) is 5.91 Å². The van der Waals surface area contributed by atoms with E-state index in [0.29, 0.717) is 25.3 Å². The molecule has 1 unspecified atom stereocenters. The first-order valence-electron chi connectivity index (χ1n) is 10.5. The van der Waals surface area contributed by atoms with E-state index in [9.17, 15) is 9.59 Å². The van der Waals surface area contributed by atoms with Crippen LogP contribution in [-0.4, -0.2) is 63.8 Å². The fourth-order valence-electron chi connectivity index (χ4n) is 4.62. The number of carbonyl (C=O) groups excluding carboxylic acids is 2.